The summed E-state index contributed by atoms with van der Waals surface area (Å²) in [5.74, 6) is -0.379. The first-order chi connectivity index (χ1) is 12.2. The third-order valence-corrected chi connectivity index (χ3v) is 6.92. The van der Waals surface area contributed by atoms with Gasteiger partial charge in [-0.2, -0.15) is 0 Å². The molecule has 3 aromatic rings. The van der Waals surface area contributed by atoms with E-state index in [2.05, 4.69) is 15.9 Å². The summed E-state index contributed by atoms with van der Waals surface area (Å²) in [6.07, 6.45) is 2.24. The standard InChI is InChI=1S/C19H20BrFN2O2S/c1-13-4-7-19(17(20)10-13)26(24,25)23-12-14(8-9-22(2)3)16-11-15(21)5-6-18(16)23/h4-7,10-12H,8-9H2,1-3H3. The van der Waals surface area contributed by atoms with Crippen molar-refractivity contribution >= 4 is 36.9 Å². The van der Waals surface area contributed by atoms with E-state index in [1.807, 2.05) is 25.9 Å². The van der Waals surface area contributed by atoms with Crippen LogP contribution in [0.5, 0.6) is 0 Å². The zero-order valence-corrected chi connectivity index (χ0v) is 17.2. The number of halogens is 2. The number of rotatable bonds is 5. The van der Waals surface area contributed by atoms with Gasteiger partial charge >= 0.3 is 0 Å². The fourth-order valence-electron chi connectivity index (χ4n) is 2.90. The first kappa shape index (κ1) is 19.1. The lowest BCUT2D eigenvalue weighted by Crippen LogP contribution is -2.15. The average molecular weight is 439 g/mol. The molecule has 0 fully saturated rings. The third kappa shape index (κ3) is 3.56. The second-order valence-electron chi connectivity index (χ2n) is 6.60. The van der Waals surface area contributed by atoms with Gasteiger partial charge in [-0.05, 0) is 84.8 Å². The van der Waals surface area contributed by atoms with Crippen LogP contribution in [-0.2, 0) is 16.4 Å². The first-order valence-electron chi connectivity index (χ1n) is 8.16. The third-order valence-electron chi connectivity index (χ3n) is 4.27. The fraction of sp³-hybridized carbons (Fsp3) is 0.263. The Bertz CT molecular complexity index is 1070. The molecule has 26 heavy (non-hydrogen) atoms. The Balaban J connectivity index is 2.20. The van der Waals surface area contributed by atoms with Gasteiger partial charge in [0.25, 0.3) is 10.0 Å². The largest absolute Gasteiger partial charge is 0.309 e. The SMILES string of the molecule is Cc1ccc(S(=O)(=O)n2cc(CCN(C)C)c3cc(F)ccc32)c(Br)c1. The summed E-state index contributed by atoms with van der Waals surface area (Å²) in [5.41, 5.74) is 2.24. The molecule has 0 aliphatic carbocycles. The van der Waals surface area contributed by atoms with Crippen LogP contribution in [0.25, 0.3) is 10.9 Å². The molecule has 138 valence electrons. The lowest BCUT2D eigenvalue weighted by Gasteiger charge is -2.10. The van der Waals surface area contributed by atoms with E-state index < -0.39 is 10.0 Å². The molecule has 2 aromatic carbocycles. The van der Waals surface area contributed by atoms with E-state index in [-0.39, 0.29) is 10.7 Å². The van der Waals surface area contributed by atoms with Crippen molar-refractivity contribution in [2.24, 2.45) is 0 Å². The molecular formula is C19H20BrFN2O2S. The Morgan fingerprint density at radius 1 is 1.15 bits per heavy atom. The highest BCUT2D eigenvalue weighted by Gasteiger charge is 2.23. The Morgan fingerprint density at radius 3 is 2.54 bits per heavy atom. The molecule has 0 bridgehead atoms. The maximum atomic E-state index is 13.8. The van der Waals surface area contributed by atoms with Gasteiger partial charge in [-0.1, -0.05) is 6.07 Å². The Morgan fingerprint density at radius 2 is 1.88 bits per heavy atom. The van der Waals surface area contributed by atoms with E-state index in [1.54, 1.807) is 24.4 Å². The Labute approximate surface area is 161 Å². The van der Waals surface area contributed by atoms with Crippen molar-refractivity contribution in [2.75, 3.05) is 20.6 Å². The van der Waals surface area contributed by atoms with Gasteiger partial charge in [0.05, 0.1) is 5.52 Å². The molecule has 0 amide bonds. The van der Waals surface area contributed by atoms with Crippen molar-refractivity contribution in [1.29, 1.82) is 0 Å². The van der Waals surface area contributed by atoms with Gasteiger partial charge in [-0.3, -0.25) is 0 Å². The summed E-state index contributed by atoms with van der Waals surface area (Å²) in [7, 11) is 0.0789. The van der Waals surface area contributed by atoms with Crippen LogP contribution >= 0.6 is 15.9 Å². The number of hydrogen-bond acceptors (Lipinski definition) is 3. The van der Waals surface area contributed by atoms with Gasteiger partial charge in [0, 0.05) is 22.6 Å². The quantitative estimate of drug-likeness (QED) is 0.599. The van der Waals surface area contributed by atoms with Gasteiger partial charge in [-0.25, -0.2) is 16.8 Å². The summed E-state index contributed by atoms with van der Waals surface area (Å²) < 4.78 is 42.0. The molecular weight excluding hydrogens is 419 g/mol. The molecule has 0 saturated heterocycles. The van der Waals surface area contributed by atoms with E-state index in [0.29, 0.717) is 21.8 Å². The molecule has 7 heteroatoms. The Hall–Kier alpha value is -1.70. The second kappa shape index (κ2) is 7.13. The van der Waals surface area contributed by atoms with Crippen LogP contribution in [0.4, 0.5) is 4.39 Å². The number of fused-ring (bicyclic) bond motifs is 1. The predicted octanol–water partition coefficient (Wildman–Crippen LogP) is 4.19. The van der Waals surface area contributed by atoms with Crippen molar-refractivity contribution in [2.45, 2.75) is 18.2 Å². The van der Waals surface area contributed by atoms with Crippen molar-refractivity contribution in [1.82, 2.24) is 8.87 Å². The molecule has 0 spiro atoms. The van der Waals surface area contributed by atoms with Crippen LogP contribution in [0.3, 0.4) is 0 Å². The van der Waals surface area contributed by atoms with E-state index >= 15 is 0 Å². The number of benzene rings is 2. The van der Waals surface area contributed by atoms with Gasteiger partial charge in [0.15, 0.2) is 0 Å². The van der Waals surface area contributed by atoms with Crippen molar-refractivity contribution in [3.05, 3.63) is 64.0 Å². The number of aromatic nitrogens is 1. The van der Waals surface area contributed by atoms with E-state index in [1.165, 1.54) is 22.2 Å². The van der Waals surface area contributed by atoms with Gasteiger partial charge < -0.3 is 4.90 Å². The summed E-state index contributed by atoms with van der Waals surface area (Å²) in [5, 5.41) is 0.624. The van der Waals surface area contributed by atoms with Crippen LogP contribution in [0, 0.1) is 12.7 Å². The second-order valence-corrected chi connectivity index (χ2v) is 9.24. The highest BCUT2D eigenvalue weighted by molar-refractivity contribution is 9.10. The van der Waals surface area contributed by atoms with Crippen LogP contribution in [0.15, 0.2) is 52.0 Å². The van der Waals surface area contributed by atoms with Crippen molar-refractivity contribution in [3.63, 3.8) is 0 Å². The molecule has 3 rings (SSSR count). The summed E-state index contributed by atoms with van der Waals surface area (Å²) >= 11 is 3.35. The van der Waals surface area contributed by atoms with Gasteiger partial charge in [-0.15, -0.1) is 0 Å². The molecule has 0 aliphatic rings. The summed E-state index contributed by atoms with van der Waals surface area (Å²) in [6, 6.07) is 9.32. The molecule has 4 nitrogen and oxygen atoms in total. The zero-order chi connectivity index (χ0) is 19.1. The maximum absolute atomic E-state index is 13.8. The smallest absolute Gasteiger partial charge is 0.269 e. The van der Waals surface area contributed by atoms with Crippen LogP contribution in [0.1, 0.15) is 11.1 Å². The monoisotopic (exact) mass is 438 g/mol. The van der Waals surface area contributed by atoms with E-state index in [4.69, 9.17) is 0 Å². The lowest BCUT2D eigenvalue weighted by molar-refractivity contribution is 0.414. The number of aryl methyl sites for hydroxylation is 1. The molecule has 1 aromatic heterocycles. The number of hydrogen-bond donors (Lipinski definition) is 0. The molecule has 0 aliphatic heterocycles. The van der Waals surface area contributed by atoms with E-state index in [0.717, 1.165) is 17.7 Å². The number of likely N-dealkylation sites (N-methyl/N-ethyl adjacent to an activating group) is 1. The zero-order valence-electron chi connectivity index (χ0n) is 14.8. The van der Waals surface area contributed by atoms with Gasteiger partial charge in [0.2, 0.25) is 0 Å². The summed E-state index contributed by atoms with van der Waals surface area (Å²) in [4.78, 5) is 2.19. The maximum Gasteiger partial charge on any atom is 0.269 e. The minimum atomic E-state index is -3.81. The molecule has 0 unspecified atom stereocenters. The lowest BCUT2D eigenvalue weighted by atomic mass is 10.1. The van der Waals surface area contributed by atoms with Crippen LogP contribution in [0.2, 0.25) is 0 Å². The number of nitrogens with zero attached hydrogens (tertiary/aromatic N) is 2. The molecule has 1 heterocycles. The average Bonchev–Trinajstić information content (AvgIpc) is 2.91. The molecule has 0 saturated carbocycles. The topological polar surface area (TPSA) is 42.3 Å². The minimum Gasteiger partial charge on any atom is -0.309 e. The van der Waals surface area contributed by atoms with E-state index in [9.17, 15) is 12.8 Å². The molecule has 0 radical (unpaired) electrons. The predicted molar refractivity (Wildman–Crippen MR) is 106 cm³/mol. The van der Waals surface area contributed by atoms with Crippen LogP contribution < -0.4 is 0 Å². The highest BCUT2D eigenvalue weighted by atomic mass is 79.9. The molecule has 0 atom stereocenters. The normalized spacial score (nSPS) is 12.2. The highest BCUT2D eigenvalue weighted by Crippen LogP contribution is 2.30. The molecule has 0 N–H and O–H groups in total. The van der Waals surface area contributed by atoms with Crippen molar-refractivity contribution < 1.29 is 12.8 Å². The fourth-order valence-corrected chi connectivity index (χ4v) is 5.45. The van der Waals surface area contributed by atoms with Crippen molar-refractivity contribution in [3.8, 4) is 0 Å². The van der Waals surface area contributed by atoms with Gasteiger partial charge in [0.1, 0.15) is 10.7 Å². The van der Waals surface area contributed by atoms with Crippen LogP contribution in [-0.4, -0.2) is 37.9 Å². The minimum absolute atomic E-state index is 0.184. The summed E-state index contributed by atoms with van der Waals surface area (Å²) in [6.45, 7) is 2.64. The first-order valence-corrected chi connectivity index (χ1v) is 10.4. The Kier molecular flexibility index (Phi) is 5.23.